The standard InChI is InChI=1S/C21H26ClN5O2/c22-17-6-4-16(5-7-17)15-26-11-3-12-27-19(21(26)29)14-18(24-27)20(28)23-8-13-25-9-1-2-10-25/h4-7,14H,1-3,8-13,15H2,(H,23,28). The van der Waals surface area contributed by atoms with Gasteiger partial charge in [0.15, 0.2) is 5.69 Å². The molecule has 2 amide bonds. The zero-order valence-corrected chi connectivity index (χ0v) is 17.2. The van der Waals surface area contributed by atoms with Crippen LogP contribution in [0.5, 0.6) is 0 Å². The summed E-state index contributed by atoms with van der Waals surface area (Å²) in [4.78, 5) is 29.7. The lowest BCUT2D eigenvalue weighted by molar-refractivity contribution is 0.0745. The molecule has 1 N–H and O–H groups in total. The smallest absolute Gasteiger partial charge is 0.272 e. The van der Waals surface area contributed by atoms with E-state index in [0.29, 0.717) is 42.6 Å². The van der Waals surface area contributed by atoms with Gasteiger partial charge in [-0.2, -0.15) is 5.10 Å². The van der Waals surface area contributed by atoms with Gasteiger partial charge in [-0.05, 0) is 50.0 Å². The molecule has 1 aromatic carbocycles. The van der Waals surface area contributed by atoms with E-state index in [9.17, 15) is 9.59 Å². The molecule has 0 atom stereocenters. The molecule has 2 aliphatic heterocycles. The molecule has 1 aromatic heterocycles. The van der Waals surface area contributed by atoms with Crippen LogP contribution in [0.4, 0.5) is 0 Å². The van der Waals surface area contributed by atoms with Gasteiger partial charge < -0.3 is 15.1 Å². The van der Waals surface area contributed by atoms with Crippen LogP contribution in [0, 0.1) is 0 Å². The lowest BCUT2D eigenvalue weighted by Crippen LogP contribution is -2.33. The molecule has 0 unspecified atom stereocenters. The van der Waals surface area contributed by atoms with Crippen molar-refractivity contribution in [2.45, 2.75) is 32.4 Å². The maximum atomic E-state index is 13.0. The van der Waals surface area contributed by atoms with E-state index in [2.05, 4.69) is 15.3 Å². The molecular formula is C21H26ClN5O2. The number of nitrogens with zero attached hydrogens (tertiary/aromatic N) is 4. The molecule has 3 heterocycles. The molecule has 29 heavy (non-hydrogen) atoms. The number of nitrogens with one attached hydrogen (secondary N) is 1. The average Bonchev–Trinajstić information content (AvgIpc) is 3.36. The first kappa shape index (κ1) is 19.9. The topological polar surface area (TPSA) is 70.5 Å². The molecule has 2 aromatic rings. The molecule has 7 nitrogen and oxygen atoms in total. The number of aromatic nitrogens is 2. The van der Waals surface area contributed by atoms with Crippen LogP contribution in [-0.2, 0) is 13.1 Å². The molecule has 0 radical (unpaired) electrons. The van der Waals surface area contributed by atoms with Crippen molar-refractivity contribution in [3.63, 3.8) is 0 Å². The van der Waals surface area contributed by atoms with Gasteiger partial charge in [-0.1, -0.05) is 23.7 Å². The van der Waals surface area contributed by atoms with Gasteiger partial charge >= 0.3 is 0 Å². The number of hydrogen-bond donors (Lipinski definition) is 1. The maximum absolute atomic E-state index is 13.0. The van der Waals surface area contributed by atoms with E-state index in [1.165, 1.54) is 12.8 Å². The second-order valence-electron chi connectivity index (χ2n) is 7.65. The highest BCUT2D eigenvalue weighted by molar-refractivity contribution is 6.30. The summed E-state index contributed by atoms with van der Waals surface area (Å²) < 4.78 is 1.67. The quantitative estimate of drug-likeness (QED) is 0.786. The van der Waals surface area contributed by atoms with E-state index in [4.69, 9.17) is 11.6 Å². The van der Waals surface area contributed by atoms with Gasteiger partial charge in [0.1, 0.15) is 5.69 Å². The van der Waals surface area contributed by atoms with Crippen LogP contribution in [-0.4, -0.2) is 64.1 Å². The molecule has 4 rings (SSSR count). The molecule has 0 bridgehead atoms. The van der Waals surface area contributed by atoms with E-state index in [-0.39, 0.29) is 11.8 Å². The molecule has 0 aliphatic carbocycles. The fourth-order valence-corrected chi connectivity index (χ4v) is 4.06. The maximum Gasteiger partial charge on any atom is 0.272 e. The van der Waals surface area contributed by atoms with Gasteiger partial charge in [0, 0.05) is 43.8 Å². The Balaban J connectivity index is 1.40. The van der Waals surface area contributed by atoms with Crippen LogP contribution in [0.3, 0.4) is 0 Å². The zero-order valence-electron chi connectivity index (χ0n) is 16.4. The Labute approximate surface area is 175 Å². The van der Waals surface area contributed by atoms with Gasteiger partial charge in [-0.3, -0.25) is 14.3 Å². The van der Waals surface area contributed by atoms with Crippen molar-refractivity contribution in [1.82, 2.24) is 24.9 Å². The molecule has 0 saturated carbocycles. The Bertz CT molecular complexity index is 874. The highest BCUT2D eigenvalue weighted by atomic mass is 35.5. The van der Waals surface area contributed by atoms with Gasteiger partial charge in [-0.15, -0.1) is 0 Å². The van der Waals surface area contributed by atoms with Gasteiger partial charge in [0.2, 0.25) is 0 Å². The Morgan fingerprint density at radius 1 is 1.07 bits per heavy atom. The van der Waals surface area contributed by atoms with E-state index in [0.717, 1.165) is 31.6 Å². The number of halogens is 1. The third-order valence-electron chi connectivity index (χ3n) is 5.52. The summed E-state index contributed by atoms with van der Waals surface area (Å²) in [6.45, 7) is 5.45. The van der Waals surface area contributed by atoms with E-state index in [1.54, 1.807) is 15.6 Å². The summed E-state index contributed by atoms with van der Waals surface area (Å²) in [7, 11) is 0. The minimum absolute atomic E-state index is 0.0962. The number of carbonyl (C=O) groups excluding carboxylic acids is 2. The number of carbonyl (C=O) groups is 2. The van der Waals surface area contributed by atoms with E-state index in [1.807, 2.05) is 24.3 Å². The Hall–Kier alpha value is -2.38. The summed E-state index contributed by atoms with van der Waals surface area (Å²) in [6.07, 6.45) is 3.26. The van der Waals surface area contributed by atoms with Gasteiger partial charge in [0.25, 0.3) is 11.8 Å². The van der Waals surface area contributed by atoms with Crippen LogP contribution < -0.4 is 5.32 Å². The molecule has 1 fully saturated rings. The molecular weight excluding hydrogens is 390 g/mol. The number of benzene rings is 1. The first-order chi connectivity index (χ1) is 14.1. The van der Waals surface area contributed by atoms with Crippen molar-refractivity contribution in [2.75, 3.05) is 32.7 Å². The zero-order chi connectivity index (χ0) is 20.2. The second kappa shape index (κ2) is 8.97. The van der Waals surface area contributed by atoms with Crippen molar-refractivity contribution in [2.24, 2.45) is 0 Å². The van der Waals surface area contributed by atoms with Crippen molar-refractivity contribution in [3.8, 4) is 0 Å². The summed E-state index contributed by atoms with van der Waals surface area (Å²) in [5.74, 6) is -0.317. The number of aryl methyl sites for hydroxylation is 1. The van der Waals surface area contributed by atoms with Crippen molar-refractivity contribution in [1.29, 1.82) is 0 Å². The van der Waals surface area contributed by atoms with Gasteiger partial charge in [-0.25, -0.2) is 0 Å². The second-order valence-corrected chi connectivity index (χ2v) is 8.09. The number of likely N-dealkylation sites (tertiary alicyclic amines) is 1. The summed E-state index contributed by atoms with van der Waals surface area (Å²) in [5.41, 5.74) is 1.81. The van der Waals surface area contributed by atoms with Gasteiger partial charge in [0.05, 0.1) is 0 Å². The van der Waals surface area contributed by atoms with Crippen LogP contribution >= 0.6 is 11.6 Å². The summed E-state index contributed by atoms with van der Waals surface area (Å²) >= 11 is 5.95. The molecule has 0 spiro atoms. The first-order valence-electron chi connectivity index (χ1n) is 10.2. The number of fused-ring (bicyclic) bond motifs is 1. The van der Waals surface area contributed by atoms with Crippen LogP contribution in [0.1, 0.15) is 45.8 Å². The normalized spacial score (nSPS) is 17.3. The number of rotatable bonds is 6. The third-order valence-corrected chi connectivity index (χ3v) is 5.77. The van der Waals surface area contributed by atoms with Crippen LogP contribution in [0.25, 0.3) is 0 Å². The van der Waals surface area contributed by atoms with Crippen molar-refractivity contribution in [3.05, 3.63) is 52.3 Å². The van der Waals surface area contributed by atoms with Crippen molar-refractivity contribution < 1.29 is 9.59 Å². The minimum Gasteiger partial charge on any atom is -0.349 e. The fraction of sp³-hybridized carbons (Fsp3) is 0.476. The third kappa shape index (κ3) is 4.79. The number of hydrogen-bond acceptors (Lipinski definition) is 4. The lowest BCUT2D eigenvalue weighted by Gasteiger charge is -2.20. The van der Waals surface area contributed by atoms with Crippen LogP contribution in [0.2, 0.25) is 5.02 Å². The Morgan fingerprint density at radius 3 is 2.59 bits per heavy atom. The minimum atomic E-state index is -0.221. The summed E-state index contributed by atoms with van der Waals surface area (Å²) in [6, 6.07) is 9.13. The van der Waals surface area contributed by atoms with Crippen LogP contribution in [0.15, 0.2) is 30.3 Å². The van der Waals surface area contributed by atoms with E-state index >= 15 is 0 Å². The first-order valence-corrected chi connectivity index (χ1v) is 10.6. The predicted molar refractivity (Wildman–Crippen MR) is 111 cm³/mol. The lowest BCUT2D eigenvalue weighted by atomic mass is 10.2. The largest absolute Gasteiger partial charge is 0.349 e. The molecule has 8 heteroatoms. The summed E-state index contributed by atoms with van der Waals surface area (Å²) in [5, 5.41) is 7.99. The Kier molecular flexibility index (Phi) is 6.16. The average molecular weight is 416 g/mol. The Morgan fingerprint density at radius 2 is 1.83 bits per heavy atom. The highest BCUT2D eigenvalue weighted by Gasteiger charge is 2.26. The molecule has 1 saturated heterocycles. The van der Waals surface area contributed by atoms with Crippen molar-refractivity contribution >= 4 is 23.4 Å². The SMILES string of the molecule is O=C(NCCN1CCCC1)c1cc2n(n1)CCCN(Cc1ccc(Cl)cc1)C2=O. The fourth-order valence-electron chi connectivity index (χ4n) is 3.93. The molecule has 2 aliphatic rings. The van der Waals surface area contributed by atoms with E-state index < -0.39 is 0 Å². The predicted octanol–water partition coefficient (Wildman–Crippen LogP) is 2.41. The highest BCUT2D eigenvalue weighted by Crippen LogP contribution is 2.18. The molecule has 154 valence electrons. The number of amides is 2. The monoisotopic (exact) mass is 415 g/mol.